The lowest BCUT2D eigenvalue weighted by molar-refractivity contribution is 0.183. The van der Waals surface area contributed by atoms with Crippen LogP contribution in [0, 0.1) is 0 Å². The highest BCUT2D eigenvalue weighted by Gasteiger charge is 2.15. The molecule has 0 spiro atoms. The Kier molecular flexibility index (Phi) is 5.81. The van der Waals surface area contributed by atoms with E-state index in [9.17, 15) is 4.79 Å². The maximum atomic E-state index is 12.1. The van der Waals surface area contributed by atoms with Gasteiger partial charge in [0.25, 0.3) is 0 Å². The topological polar surface area (TPSA) is 81.1 Å². The average molecular weight is 349 g/mol. The number of amides is 2. The fraction of sp³-hybridized carbons (Fsp3) is 0.562. The lowest BCUT2D eigenvalue weighted by Gasteiger charge is -2.06. The summed E-state index contributed by atoms with van der Waals surface area (Å²) in [5, 5.41) is 10.5. The van der Waals surface area contributed by atoms with Gasteiger partial charge in [0, 0.05) is 18.2 Å². The molecule has 1 aliphatic carbocycles. The van der Waals surface area contributed by atoms with E-state index in [1.54, 1.807) is 35.5 Å². The van der Waals surface area contributed by atoms with Crippen LogP contribution in [0.2, 0.25) is 0 Å². The lowest BCUT2D eigenvalue weighted by Crippen LogP contribution is -2.19. The molecule has 1 aliphatic rings. The first-order valence-electron chi connectivity index (χ1n) is 8.32. The Balaban J connectivity index is 1.56. The third-order valence-corrected chi connectivity index (χ3v) is 5.05. The minimum Gasteiger partial charge on any atom is -0.383 e. The first kappa shape index (κ1) is 16.9. The molecule has 2 aromatic rings. The van der Waals surface area contributed by atoms with E-state index in [4.69, 9.17) is 4.74 Å². The summed E-state index contributed by atoms with van der Waals surface area (Å²) >= 11 is 1.59. The van der Waals surface area contributed by atoms with Crippen molar-refractivity contribution in [2.75, 3.05) is 24.4 Å². The number of nitrogens with zero attached hydrogens (tertiary/aromatic N) is 3. The van der Waals surface area contributed by atoms with E-state index in [0.717, 1.165) is 18.5 Å². The summed E-state index contributed by atoms with van der Waals surface area (Å²) in [4.78, 5) is 18.0. The molecule has 2 aromatic heterocycles. The van der Waals surface area contributed by atoms with Gasteiger partial charge in [-0.3, -0.25) is 10.00 Å². The van der Waals surface area contributed by atoms with Crippen molar-refractivity contribution < 1.29 is 9.53 Å². The Morgan fingerprint density at radius 1 is 1.29 bits per heavy atom. The molecule has 2 heterocycles. The van der Waals surface area contributed by atoms with E-state index in [0.29, 0.717) is 24.0 Å². The van der Waals surface area contributed by atoms with Crippen molar-refractivity contribution in [1.29, 1.82) is 0 Å². The van der Waals surface area contributed by atoms with Crippen LogP contribution < -0.4 is 10.6 Å². The van der Waals surface area contributed by atoms with Crippen molar-refractivity contribution >= 4 is 28.2 Å². The second-order valence-corrected chi connectivity index (χ2v) is 6.95. The molecule has 24 heavy (non-hydrogen) atoms. The number of ether oxygens (including phenoxy) is 1. The summed E-state index contributed by atoms with van der Waals surface area (Å²) in [6.07, 6.45) is 10.4. The van der Waals surface area contributed by atoms with Crippen molar-refractivity contribution in [1.82, 2.24) is 14.8 Å². The molecule has 0 saturated carbocycles. The summed E-state index contributed by atoms with van der Waals surface area (Å²) < 4.78 is 6.74. The number of nitrogens with one attached hydrogen (secondary N) is 2. The van der Waals surface area contributed by atoms with Crippen molar-refractivity contribution in [3.8, 4) is 0 Å². The van der Waals surface area contributed by atoms with E-state index >= 15 is 0 Å². The van der Waals surface area contributed by atoms with Crippen LogP contribution in [0.3, 0.4) is 0 Å². The summed E-state index contributed by atoms with van der Waals surface area (Å²) in [5.74, 6) is 0. The molecule has 0 bridgehead atoms. The third-order valence-electron chi connectivity index (χ3n) is 3.98. The minimum absolute atomic E-state index is 0.289. The van der Waals surface area contributed by atoms with Crippen molar-refractivity contribution in [3.05, 3.63) is 23.0 Å². The number of hydrogen-bond donors (Lipinski definition) is 2. The number of anilines is 2. The van der Waals surface area contributed by atoms with E-state index in [2.05, 4.69) is 20.7 Å². The van der Waals surface area contributed by atoms with Gasteiger partial charge in [0.1, 0.15) is 0 Å². The summed E-state index contributed by atoms with van der Waals surface area (Å²) in [6.45, 7) is 1.23. The zero-order chi connectivity index (χ0) is 16.8. The first-order valence-corrected chi connectivity index (χ1v) is 9.14. The SMILES string of the molecule is COCCn1cc(NC(=O)Nc2nc3c(s2)CCCCCC3)cn1. The van der Waals surface area contributed by atoms with Crippen LogP contribution >= 0.6 is 11.3 Å². The van der Waals surface area contributed by atoms with Crippen LogP contribution in [0.5, 0.6) is 0 Å². The normalized spacial score (nSPS) is 14.5. The number of thiazole rings is 1. The zero-order valence-electron chi connectivity index (χ0n) is 13.9. The van der Waals surface area contributed by atoms with Crippen molar-refractivity contribution in [2.45, 2.75) is 45.1 Å². The maximum absolute atomic E-state index is 12.1. The maximum Gasteiger partial charge on any atom is 0.325 e. The second kappa shape index (κ2) is 8.25. The highest BCUT2D eigenvalue weighted by Crippen LogP contribution is 2.28. The van der Waals surface area contributed by atoms with E-state index in [1.807, 2.05) is 0 Å². The number of aromatic nitrogens is 3. The van der Waals surface area contributed by atoms with Gasteiger partial charge in [-0.25, -0.2) is 9.78 Å². The lowest BCUT2D eigenvalue weighted by atomic mass is 10.0. The van der Waals surface area contributed by atoms with Gasteiger partial charge in [-0.15, -0.1) is 11.3 Å². The van der Waals surface area contributed by atoms with E-state index in [1.165, 1.54) is 30.6 Å². The molecule has 0 unspecified atom stereocenters. The number of hydrogen-bond acceptors (Lipinski definition) is 5. The predicted molar refractivity (Wildman–Crippen MR) is 94.7 cm³/mol. The Morgan fingerprint density at radius 2 is 2.12 bits per heavy atom. The number of carbonyl (C=O) groups is 1. The standard InChI is InChI=1S/C16H23N5O2S/c1-23-9-8-21-11-12(10-17-21)18-15(22)20-16-19-13-6-4-2-3-5-7-14(13)24-16/h10-11H,2-9H2,1H3,(H2,18,19,20,22). The largest absolute Gasteiger partial charge is 0.383 e. The van der Waals surface area contributed by atoms with Gasteiger partial charge < -0.3 is 10.1 Å². The van der Waals surface area contributed by atoms with Crippen LogP contribution in [0.1, 0.15) is 36.3 Å². The van der Waals surface area contributed by atoms with Gasteiger partial charge in [-0.1, -0.05) is 12.8 Å². The highest BCUT2D eigenvalue weighted by atomic mass is 32.1. The van der Waals surface area contributed by atoms with Gasteiger partial charge in [-0.05, 0) is 25.7 Å². The summed E-state index contributed by atoms with van der Waals surface area (Å²) in [7, 11) is 1.65. The minimum atomic E-state index is -0.289. The molecule has 2 N–H and O–H groups in total. The third kappa shape index (κ3) is 4.55. The Morgan fingerprint density at radius 3 is 2.96 bits per heavy atom. The zero-order valence-corrected chi connectivity index (χ0v) is 14.7. The molecule has 0 saturated heterocycles. The molecule has 2 amide bonds. The number of methoxy groups -OCH3 is 1. The fourth-order valence-corrected chi connectivity index (χ4v) is 3.80. The monoisotopic (exact) mass is 349 g/mol. The Hall–Kier alpha value is -1.93. The first-order chi connectivity index (χ1) is 11.7. The van der Waals surface area contributed by atoms with Gasteiger partial charge in [0.2, 0.25) is 0 Å². The number of rotatable bonds is 5. The molecule has 0 fully saturated rings. The van der Waals surface area contributed by atoms with Crippen LogP contribution in [0.15, 0.2) is 12.4 Å². The molecule has 8 heteroatoms. The van der Waals surface area contributed by atoms with Gasteiger partial charge in [-0.2, -0.15) is 5.10 Å². The van der Waals surface area contributed by atoms with Crippen molar-refractivity contribution in [2.24, 2.45) is 0 Å². The van der Waals surface area contributed by atoms with Crippen LogP contribution in [-0.4, -0.2) is 34.5 Å². The summed E-state index contributed by atoms with van der Waals surface area (Å²) in [5.41, 5.74) is 1.81. The van der Waals surface area contributed by atoms with Crippen molar-refractivity contribution in [3.63, 3.8) is 0 Å². The molecule has 0 aromatic carbocycles. The van der Waals surface area contributed by atoms with Crippen LogP contribution in [0.25, 0.3) is 0 Å². The number of carbonyl (C=O) groups excluding carboxylic acids is 1. The fourth-order valence-electron chi connectivity index (χ4n) is 2.75. The number of aryl methyl sites for hydroxylation is 2. The molecule has 7 nitrogen and oxygen atoms in total. The van der Waals surface area contributed by atoms with Gasteiger partial charge >= 0.3 is 6.03 Å². The summed E-state index contributed by atoms with van der Waals surface area (Å²) in [6, 6.07) is -0.289. The molecular formula is C16H23N5O2S. The Labute approximate surface area is 145 Å². The smallest absolute Gasteiger partial charge is 0.325 e. The molecule has 130 valence electrons. The second-order valence-electron chi connectivity index (χ2n) is 5.87. The Bertz CT molecular complexity index is 656. The number of fused-ring (bicyclic) bond motifs is 1. The predicted octanol–water partition coefficient (Wildman–Crippen LogP) is 3.29. The quantitative estimate of drug-likeness (QED) is 0.868. The van der Waals surface area contributed by atoms with Crippen LogP contribution in [0.4, 0.5) is 15.6 Å². The molecule has 0 aliphatic heterocycles. The molecule has 3 rings (SSSR count). The van der Waals surface area contributed by atoms with Gasteiger partial charge in [0.05, 0.1) is 30.7 Å². The average Bonchev–Trinajstić information content (AvgIpc) is 3.12. The molecular weight excluding hydrogens is 326 g/mol. The molecule has 0 atom stereocenters. The van der Waals surface area contributed by atoms with E-state index < -0.39 is 0 Å². The highest BCUT2D eigenvalue weighted by molar-refractivity contribution is 7.15. The van der Waals surface area contributed by atoms with Crippen LogP contribution in [-0.2, 0) is 24.1 Å². The van der Waals surface area contributed by atoms with E-state index in [-0.39, 0.29) is 6.03 Å². The van der Waals surface area contributed by atoms with Gasteiger partial charge in [0.15, 0.2) is 5.13 Å². The number of urea groups is 1. The molecule has 0 radical (unpaired) electrons.